The zero-order chi connectivity index (χ0) is 13.9. The lowest BCUT2D eigenvalue weighted by atomic mass is 9.75. The highest BCUT2D eigenvalue weighted by Crippen LogP contribution is 2.37. The van der Waals surface area contributed by atoms with Crippen molar-refractivity contribution in [1.29, 1.82) is 0 Å². The highest BCUT2D eigenvalue weighted by Gasteiger charge is 2.42. The smallest absolute Gasteiger partial charge is 0.309 e. The highest BCUT2D eigenvalue weighted by molar-refractivity contribution is 7.99. The number of nitrogens with zero attached hydrogens (tertiary/aromatic N) is 1. The molecular weight excluding hydrogens is 262 g/mol. The molecule has 0 radical (unpaired) electrons. The van der Waals surface area contributed by atoms with Crippen molar-refractivity contribution in [3.63, 3.8) is 0 Å². The summed E-state index contributed by atoms with van der Waals surface area (Å²) in [6.45, 7) is 3.26. The van der Waals surface area contributed by atoms with Crippen molar-refractivity contribution in [1.82, 2.24) is 4.90 Å². The van der Waals surface area contributed by atoms with Gasteiger partial charge < -0.3 is 10.0 Å². The maximum Gasteiger partial charge on any atom is 0.309 e. The number of hydrogen-bond acceptors (Lipinski definition) is 3. The Bertz CT molecular complexity index is 345. The van der Waals surface area contributed by atoms with Crippen LogP contribution in [0.2, 0.25) is 0 Å². The maximum absolute atomic E-state index is 12.3. The molecule has 2 aliphatic heterocycles. The molecule has 2 rings (SSSR count). The zero-order valence-electron chi connectivity index (χ0n) is 11.6. The van der Waals surface area contributed by atoms with Crippen LogP contribution in [0.4, 0.5) is 0 Å². The normalized spacial score (nSPS) is 26.4. The predicted molar refractivity (Wildman–Crippen MR) is 76.2 cm³/mol. The monoisotopic (exact) mass is 285 g/mol. The van der Waals surface area contributed by atoms with Crippen LogP contribution in [0.1, 0.15) is 39.0 Å². The fourth-order valence-corrected chi connectivity index (χ4v) is 4.40. The van der Waals surface area contributed by atoms with Crippen molar-refractivity contribution >= 4 is 23.6 Å². The van der Waals surface area contributed by atoms with E-state index in [1.807, 2.05) is 23.6 Å². The number of carbonyl (C=O) groups excluding carboxylic acids is 1. The fourth-order valence-electron chi connectivity index (χ4n) is 3.19. The van der Waals surface area contributed by atoms with Gasteiger partial charge in [0, 0.05) is 24.8 Å². The Kier molecular flexibility index (Phi) is 4.76. The van der Waals surface area contributed by atoms with Crippen LogP contribution in [0.3, 0.4) is 0 Å². The summed E-state index contributed by atoms with van der Waals surface area (Å²) in [4.78, 5) is 25.7. The van der Waals surface area contributed by atoms with Gasteiger partial charge in [0.05, 0.1) is 5.41 Å². The molecule has 1 N–H and O–H groups in total. The molecule has 1 atom stereocenters. The van der Waals surface area contributed by atoms with Crippen LogP contribution in [0, 0.1) is 11.3 Å². The summed E-state index contributed by atoms with van der Waals surface area (Å²) in [6, 6.07) is 0. The summed E-state index contributed by atoms with van der Waals surface area (Å²) in [5.74, 6) is 1.76. The summed E-state index contributed by atoms with van der Waals surface area (Å²) < 4.78 is 0. The van der Waals surface area contributed by atoms with Crippen LogP contribution >= 0.6 is 11.8 Å². The minimum absolute atomic E-state index is 0.175. The van der Waals surface area contributed by atoms with Crippen LogP contribution < -0.4 is 0 Å². The maximum atomic E-state index is 12.3. The van der Waals surface area contributed by atoms with Crippen molar-refractivity contribution in [3.05, 3.63) is 0 Å². The molecule has 2 aliphatic rings. The third kappa shape index (κ3) is 3.07. The first-order valence-corrected chi connectivity index (χ1v) is 8.34. The van der Waals surface area contributed by atoms with Crippen LogP contribution in [-0.4, -0.2) is 46.5 Å². The molecule has 0 aromatic carbocycles. The third-order valence-electron chi connectivity index (χ3n) is 4.49. The Morgan fingerprint density at radius 1 is 1.37 bits per heavy atom. The van der Waals surface area contributed by atoms with Gasteiger partial charge >= 0.3 is 5.97 Å². The lowest BCUT2D eigenvalue weighted by Gasteiger charge is -2.39. The number of piperidine rings is 1. The van der Waals surface area contributed by atoms with Crippen LogP contribution in [0.5, 0.6) is 0 Å². The molecule has 1 unspecified atom stereocenters. The first-order chi connectivity index (χ1) is 9.09. The second kappa shape index (κ2) is 6.16. The van der Waals surface area contributed by atoms with Crippen molar-refractivity contribution in [2.45, 2.75) is 39.0 Å². The Labute approximate surface area is 118 Å². The molecule has 1 amide bonds. The van der Waals surface area contributed by atoms with Gasteiger partial charge in [-0.15, -0.1) is 0 Å². The largest absolute Gasteiger partial charge is 0.481 e. The molecule has 19 heavy (non-hydrogen) atoms. The molecule has 2 saturated heterocycles. The molecule has 0 bridgehead atoms. The molecule has 2 fully saturated rings. The predicted octanol–water partition coefficient (Wildman–Crippen LogP) is 2.23. The molecule has 0 spiro atoms. The quantitative estimate of drug-likeness (QED) is 0.860. The van der Waals surface area contributed by atoms with Gasteiger partial charge in [-0.3, -0.25) is 9.59 Å². The van der Waals surface area contributed by atoms with Crippen LogP contribution in [0.15, 0.2) is 0 Å². The number of rotatable bonds is 4. The molecular formula is C14H23NO3S. The third-order valence-corrected chi connectivity index (χ3v) is 5.66. The number of carboxylic acid groups (broad SMARTS) is 1. The van der Waals surface area contributed by atoms with Gasteiger partial charge in [0.25, 0.3) is 0 Å². The summed E-state index contributed by atoms with van der Waals surface area (Å²) in [5.41, 5.74) is -0.587. The van der Waals surface area contributed by atoms with E-state index in [0.29, 0.717) is 25.9 Å². The van der Waals surface area contributed by atoms with Gasteiger partial charge in [0.15, 0.2) is 0 Å². The van der Waals surface area contributed by atoms with E-state index in [1.54, 1.807) is 0 Å². The lowest BCUT2D eigenvalue weighted by Crippen LogP contribution is -2.48. The summed E-state index contributed by atoms with van der Waals surface area (Å²) >= 11 is 1.85. The number of hydrogen-bond donors (Lipinski definition) is 1. The van der Waals surface area contributed by atoms with E-state index in [1.165, 1.54) is 0 Å². The van der Waals surface area contributed by atoms with Gasteiger partial charge in [-0.2, -0.15) is 11.8 Å². The fraction of sp³-hybridized carbons (Fsp3) is 0.857. The topological polar surface area (TPSA) is 57.6 Å². The van der Waals surface area contributed by atoms with E-state index in [4.69, 9.17) is 0 Å². The minimum Gasteiger partial charge on any atom is -0.481 e. The highest BCUT2D eigenvalue weighted by atomic mass is 32.2. The average molecular weight is 285 g/mol. The first-order valence-electron chi connectivity index (χ1n) is 7.19. The summed E-state index contributed by atoms with van der Waals surface area (Å²) in [7, 11) is 0. The Balaban J connectivity index is 1.93. The molecule has 5 heteroatoms. The van der Waals surface area contributed by atoms with E-state index in [-0.39, 0.29) is 11.8 Å². The number of carboxylic acids is 1. The Hall–Kier alpha value is -0.710. The number of amides is 1. The first kappa shape index (κ1) is 14.7. The molecule has 0 saturated carbocycles. The second-order valence-electron chi connectivity index (χ2n) is 5.72. The molecule has 2 heterocycles. The van der Waals surface area contributed by atoms with Crippen molar-refractivity contribution in [2.24, 2.45) is 11.3 Å². The summed E-state index contributed by atoms with van der Waals surface area (Å²) in [5, 5.41) is 9.45. The zero-order valence-corrected chi connectivity index (χ0v) is 12.4. The van der Waals surface area contributed by atoms with Gasteiger partial charge in [-0.25, -0.2) is 0 Å². The van der Waals surface area contributed by atoms with Gasteiger partial charge in [-0.05, 0) is 31.4 Å². The molecule has 4 nitrogen and oxygen atoms in total. The standard InChI is InChI=1S/C14H23NO3S/c1-2-4-14(13(17)18)5-7-15(8-6-14)12(16)11-3-9-19-10-11/h11H,2-10H2,1H3,(H,17,18). The minimum atomic E-state index is -0.683. The SMILES string of the molecule is CCCC1(C(=O)O)CCN(C(=O)C2CCSC2)CC1. The number of likely N-dealkylation sites (tertiary alicyclic amines) is 1. The van der Waals surface area contributed by atoms with Crippen molar-refractivity contribution in [3.8, 4) is 0 Å². The van der Waals surface area contributed by atoms with E-state index in [9.17, 15) is 14.7 Å². The van der Waals surface area contributed by atoms with Gasteiger partial charge in [-0.1, -0.05) is 13.3 Å². The number of thioether (sulfide) groups is 1. The average Bonchev–Trinajstić information content (AvgIpc) is 2.93. The Morgan fingerprint density at radius 3 is 2.53 bits per heavy atom. The van der Waals surface area contributed by atoms with E-state index in [0.717, 1.165) is 30.8 Å². The molecule has 0 aliphatic carbocycles. The second-order valence-corrected chi connectivity index (χ2v) is 6.87. The number of carbonyl (C=O) groups is 2. The molecule has 0 aromatic rings. The van der Waals surface area contributed by atoms with Crippen LogP contribution in [-0.2, 0) is 9.59 Å². The van der Waals surface area contributed by atoms with Gasteiger partial charge in [0.2, 0.25) is 5.91 Å². The Morgan fingerprint density at radius 2 is 2.05 bits per heavy atom. The molecule has 108 valence electrons. The molecule has 0 aromatic heterocycles. The van der Waals surface area contributed by atoms with E-state index >= 15 is 0 Å². The number of aliphatic carboxylic acids is 1. The van der Waals surface area contributed by atoms with Crippen molar-refractivity contribution < 1.29 is 14.7 Å². The summed E-state index contributed by atoms with van der Waals surface area (Å²) in [6.07, 6.45) is 3.83. The lowest BCUT2D eigenvalue weighted by molar-refractivity contribution is -0.155. The van der Waals surface area contributed by atoms with E-state index in [2.05, 4.69) is 0 Å². The van der Waals surface area contributed by atoms with Crippen molar-refractivity contribution in [2.75, 3.05) is 24.6 Å². The van der Waals surface area contributed by atoms with Crippen LogP contribution in [0.25, 0.3) is 0 Å². The van der Waals surface area contributed by atoms with Gasteiger partial charge in [0.1, 0.15) is 0 Å². The van der Waals surface area contributed by atoms with E-state index < -0.39 is 11.4 Å².